The molecule has 0 atom stereocenters. The molecule has 3 rings (SSSR count). The summed E-state index contributed by atoms with van der Waals surface area (Å²) in [4.78, 5) is 14.2. The van der Waals surface area contributed by atoms with E-state index in [0.29, 0.717) is 18.7 Å². The Morgan fingerprint density at radius 3 is 2.90 bits per heavy atom. The van der Waals surface area contributed by atoms with Gasteiger partial charge in [0.05, 0.1) is 24.4 Å². The Hall–Kier alpha value is -1.59. The van der Waals surface area contributed by atoms with Crippen molar-refractivity contribution in [3.05, 3.63) is 51.8 Å². The molecule has 1 aromatic carbocycles. The molecule has 0 radical (unpaired) electrons. The summed E-state index contributed by atoms with van der Waals surface area (Å²) in [5, 5.41) is 0. The van der Waals surface area contributed by atoms with E-state index in [9.17, 15) is 4.79 Å². The Labute approximate surface area is 126 Å². The van der Waals surface area contributed by atoms with Crippen molar-refractivity contribution in [1.29, 1.82) is 0 Å². The van der Waals surface area contributed by atoms with Gasteiger partial charge in [0.1, 0.15) is 0 Å². The van der Waals surface area contributed by atoms with Gasteiger partial charge in [-0.15, -0.1) is 0 Å². The molecule has 0 saturated carbocycles. The quantitative estimate of drug-likeness (QED) is 0.846. The third-order valence-corrected chi connectivity index (χ3v) is 4.06. The van der Waals surface area contributed by atoms with Gasteiger partial charge >= 0.3 is 0 Å². The van der Waals surface area contributed by atoms with Crippen LogP contribution in [0, 0.1) is 0 Å². The molecule has 4 nitrogen and oxygen atoms in total. The molecule has 1 aromatic heterocycles. The second kappa shape index (κ2) is 5.07. The van der Waals surface area contributed by atoms with E-state index in [0.717, 1.165) is 21.4 Å². The molecule has 2 aromatic rings. The molecule has 5 heteroatoms. The molecule has 0 fully saturated rings. The van der Waals surface area contributed by atoms with Crippen LogP contribution in [0.5, 0.6) is 0 Å². The smallest absolute Gasteiger partial charge is 0.256 e. The second-order valence-corrected chi connectivity index (χ2v) is 5.83. The standard InChI is InChI=1S/C15H15BrN2O2/c1-17-8-14-10(9-20-2)5-6-18(14)13-4-3-11(16)7-12(13)15(17)19/h3-7H,8-9H2,1-2H3. The second-order valence-electron chi connectivity index (χ2n) is 4.91. The zero-order valence-corrected chi connectivity index (χ0v) is 13.0. The van der Waals surface area contributed by atoms with E-state index in [1.165, 1.54) is 0 Å². The van der Waals surface area contributed by atoms with Crippen LogP contribution in [0.1, 0.15) is 21.6 Å². The average Bonchev–Trinajstić information content (AvgIpc) is 2.77. The summed E-state index contributed by atoms with van der Waals surface area (Å²) in [5.41, 5.74) is 3.84. The number of rotatable bonds is 2. The lowest BCUT2D eigenvalue weighted by molar-refractivity contribution is 0.0786. The number of halogens is 1. The van der Waals surface area contributed by atoms with Crippen LogP contribution in [0.2, 0.25) is 0 Å². The molecule has 2 heterocycles. The number of benzene rings is 1. The minimum Gasteiger partial charge on any atom is -0.380 e. The highest BCUT2D eigenvalue weighted by molar-refractivity contribution is 9.10. The minimum absolute atomic E-state index is 0.0355. The predicted molar refractivity (Wildman–Crippen MR) is 80.0 cm³/mol. The molecule has 0 unspecified atom stereocenters. The topological polar surface area (TPSA) is 34.5 Å². The molecular weight excluding hydrogens is 320 g/mol. The van der Waals surface area contributed by atoms with Crippen molar-refractivity contribution in [3.8, 4) is 5.69 Å². The molecule has 20 heavy (non-hydrogen) atoms. The molecule has 1 aliphatic rings. The van der Waals surface area contributed by atoms with Gasteiger partial charge < -0.3 is 14.2 Å². The molecule has 0 saturated heterocycles. The van der Waals surface area contributed by atoms with Gasteiger partial charge in [-0.3, -0.25) is 4.79 Å². The molecule has 104 valence electrons. The van der Waals surface area contributed by atoms with Crippen molar-refractivity contribution < 1.29 is 9.53 Å². The van der Waals surface area contributed by atoms with E-state index in [2.05, 4.69) is 20.5 Å². The van der Waals surface area contributed by atoms with Crippen LogP contribution in [0.25, 0.3) is 5.69 Å². The number of carbonyl (C=O) groups excluding carboxylic acids is 1. The van der Waals surface area contributed by atoms with Crippen LogP contribution in [-0.2, 0) is 17.9 Å². The lowest BCUT2D eigenvalue weighted by atomic mass is 10.1. The van der Waals surface area contributed by atoms with Gasteiger partial charge in [-0.1, -0.05) is 15.9 Å². The van der Waals surface area contributed by atoms with Crippen LogP contribution < -0.4 is 0 Å². The van der Waals surface area contributed by atoms with E-state index >= 15 is 0 Å². The minimum atomic E-state index is 0.0355. The van der Waals surface area contributed by atoms with E-state index < -0.39 is 0 Å². The molecule has 0 spiro atoms. The average molecular weight is 335 g/mol. The number of fused-ring (bicyclic) bond motifs is 3. The Morgan fingerprint density at radius 1 is 1.35 bits per heavy atom. The highest BCUT2D eigenvalue weighted by atomic mass is 79.9. The first kappa shape index (κ1) is 13.4. The first-order valence-electron chi connectivity index (χ1n) is 6.35. The van der Waals surface area contributed by atoms with Gasteiger partial charge in [0.15, 0.2) is 0 Å². The van der Waals surface area contributed by atoms with Crippen molar-refractivity contribution in [2.24, 2.45) is 0 Å². The SMILES string of the molecule is COCc1ccn2c1CN(C)C(=O)c1cc(Br)ccc1-2. The first-order chi connectivity index (χ1) is 9.61. The highest BCUT2D eigenvalue weighted by Crippen LogP contribution is 2.29. The zero-order chi connectivity index (χ0) is 14.3. The third-order valence-electron chi connectivity index (χ3n) is 3.57. The molecule has 0 N–H and O–H groups in total. The Kier molecular flexibility index (Phi) is 3.40. The fraction of sp³-hybridized carbons (Fsp3) is 0.267. The van der Waals surface area contributed by atoms with Crippen LogP contribution in [0.4, 0.5) is 0 Å². The van der Waals surface area contributed by atoms with E-state index in [-0.39, 0.29) is 5.91 Å². The number of aromatic nitrogens is 1. The van der Waals surface area contributed by atoms with Crippen molar-refractivity contribution in [2.75, 3.05) is 14.2 Å². The zero-order valence-electron chi connectivity index (χ0n) is 11.4. The normalized spacial score (nSPS) is 13.9. The summed E-state index contributed by atoms with van der Waals surface area (Å²) >= 11 is 3.43. The van der Waals surface area contributed by atoms with Crippen molar-refractivity contribution >= 4 is 21.8 Å². The number of carbonyl (C=O) groups is 1. The number of hydrogen-bond donors (Lipinski definition) is 0. The highest BCUT2D eigenvalue weighted by Gasteiger charge is 2.25. The lowest BCUT2D eigenvalue weighted by Gasteiger charge is -2.15. The Morgan fingerprint density at radius 2 is 2.15 bits per heavy atom. The van der Waals surface area contributed by atoms with Gasteiger partial charge in [0, 0.05) is 36.1 Å². The number of amides is 1. The fourth-order valence-corrected chi connectivity index (χ4v) is 2.95. The largest absolute Gasteiger partial charge is 0.380 e. The number of ether oxygens (including phenoxy) is 1. The van der Waals surface area contributed by atoms with Crippen molar-refractivity contribution in [3.63, 3.8) is 0 Å². The number of methoxy groups -OCH3 is 1. The van der Waals surface area contributed by atoms with E-state index in [1.54, 1.807) is 12.0 Å². The molecule has 0 bridgehead atoms. The number of nitrogens with zero attached hydrogens (tertiary/aromatic N) is 2. The molecule has 0 aliphatic carbocycles. The summed E-state index contributed by atoms with van der Waals surface area (Å²) < 4.78 is 8.23. The maximum Gasteiger partial charge on any atom is 0.256 e. The third kappa shape index (κ3) is 2.07. The van der Waals surface area contributed by atoms with Crippen molar-refractivity contribution in [2.45, 2.75) is 13.2 Å². The van der Waals surface area contributed by atoms with E-state index in [1.807, 2.05) is 37.5 Å². The van der Waals surface area contributed by atoms with Gasteiger partial charge in [-0.25, -0.2) is 0 Å². The Balaban J connectivity index is 2.23. The maximum absolute atomic E-state index is 12.5. The van der Waals surface area contributed by atoms with Crippen LogP contribution in [0.3, 0.4) is 0 Å². The van der Waals surface area contributed by atoms with Gasteiger partial charge in [-0.05, 0) is 24.3 Å². The van der Waals surface area contributed by atoms with E-state index in [4.69, 9.17) is 4.74 Å². The van der Waals surface area contributed by atoms with Crippen molar-refractivity contribution in [1.82, 2.24) is 9.47 Å². The lowest BCUT2D eigenvalue weighted by Crippen LogP contribution is -2.25. The van der Waals surface area contributed by atoms with Gasteiger partial charge in [0.25, 0.3) is 5.91 Å². The van der Waals surface area contributed by atoms with Gasteiger partial charge in [0.2, 0.25) is 0 Å². The summed E-state index contributed by atoms with van der Waals surface area (Å²) in [7, 11) is 3.51. The van der Waals surface area contributed by atoms with Gasteiger partial charge in [-0.2, -0.15) is 0 Å². The Bertz CT molecular complexity index is 679. The first-order valence-corrected chi connectivity index (χ1v) is 7.14. The fourth-order valence-electron chi connectivity index (χ4n) is 2.59. The molecule has 1 aliphatic heterocycles. The van der Waals surface area contributed by atoms with Crippen LogP contribution in [0.15, 0.2) is 34.9 Å². The monoisotopic (exact) mass is 334 g/mol. The summed E-state index contributed by atoms with van der Waals surface area (Å²) in [5.74, 6) is 0.0355. The van der Waals surface area contributed by atoms with Crippen LogP contribution >= 0.6 is 15.9 Å². The van der Waals surface area contributed by atoms with Crippen LogP contribution in [-0.4, -0.2) is 29.5 Å². The molecular formula is C15H15BrN2O2. The summed E-state index contributed by atoms with van der Waals surface area (Å²) in [6, 6.07) is 7.85. The summed E-state index contributed by atoms with van der Waals surface area (Å²) in [6.45, 7) is 1.13. The maximum atomic E-state index is 12.5. The number of hydrogen-bond acceptors (Lipinski definition) is 2. The molecule has 1 amide bonds. The predicted octanol–water partition coefficient (Wildman–Crippen LogP) is 2.97. The summed E-state index contributed by atoms with van der Waals surface area (Å²) in [6.07, 6.45) is 2.00.